The van der Waals surface area contributed by atoms with Gasteiger partial charge in [-0.2, -0.15) is 0 Å². The Balaban J connectivity index is 1.47. The summed E-state index contributed by atoms with van der Waals surface area (Å²) < 4.78 is 8.24. The number of fused-ring (bicyclic) bond motifs is 2. The Hall–Kier alpha value is -2.15. The monoisotopic (exact) mass is 383 g/mol. The Morgan fingerprint density at radius 3 is 2.79 bits per heavy atom. The molecule has 7 nitrogen and oxygen atoms in total. The summed E-state index contributed by atoms with van der Waals surface area (Å²) >= 11 is 0. The number of amides is 1. The number of rotatable bonds is 2. The summed E-state index contributed by atoms with van der Waals surface area (Å²) in [7, 11) is 2.15. The fraction of sp³-hybridized carbons (Fsp3) is 0.667. The van der Waals surface area contributed by atoms with E-state index in [0.29, 0.717) is 0 Å². The van der Waals surface area contributed by atoms with Crippen LogP contribution >= 0.6 is 0 Å². The minimum atomic E-state index is 0.0192. The topological polar surface area (TPSA) is 67.4 Å². The van der Waals surface area contributed by atoms with Gasteiger partial charge in [-0.1, -0.05) is 0 Å². The van der Waals surface area contributed by atoms with Crippen LogP contribution in [0.2, 0.25) is 0 Å². The Morgan fingerprint density at radius 2 is 1.89 bits per heavy atom. The predicted octanol–water partition coefficient (Wildman–Crippen LogP) is 2.52. The van der Waals surface area contributed by atoms with Crippen molar-refractivity contribution in [2.45, 2.75) is 64.5 Å². The van der Waals surface area contributed by atoms with E-state index in [1.807, 2.05) is 11.8 Å². The van der Waals surface area contributed by atoms with Crippen molar-refractivity contribution in [3.05, 3.63) is 34.3 Å². The van der Waals surface area contributed by atoms with Gasteiger partial charge in [0.25, 0.3) is 5.91 Å². The van der Waals surface area contributed by atoms with Gasteiger partial charge >= 0.3 is 0 Å². The van der Waals surface area contributed by atoms with E-state index in [9.17, 15) is 4.79 Å². The number of furan rings is 1. The van der Waals surface area contributed by atoms with E-state index in [1.165, 1.54) is 0 Å². The smallest absolute Gasteiger partial charge is 0.258 e. The lowest BCUT2D eigenvalue weighted by Gasteiger charge is -2.25. The highest BCUT2D eigenvalue weighted by Crippen LogP contribution is 2.36. The molecule has 1 amide bonds. The molecule has 0 spiro atoms. The lowest BCUT2D eigenvalue weighted by molar-refractivity contribution is 0.0724. The highest BCUT2D eigenvalue weighted by atomic mass is 16.3. The Bertz CT molecular complexity index is 899. The van der Waals surface area contributed by atoms with Crippen molar-refractivity contribution >= 4 is 5.91 Å². The summed E-state index contributed by atoms with van der Waals surface area (Å²) in [5.74, 6) is 3.95. The largest absolute Gasteiger partial charge is 0.465 e. The number of nitrogens with zero attached hydrogens (tertiary/aromatic N) is 5. The van der Waals surface area contributed by atoms with E-state index in [-0.39, 0.29) is 11.9 Å². The molecule has 1 aliphatic carbocycles. The van der Waals surface area contributed by atoms with Crippen LogP contribution in [0.3, 0.4) is 0 Å². The molecule has 1 saturated heterocycles. The minimum Gasteiger partial charge on any atom is -0.465 e. The van der Waals surface area contributed by atoms with Gasteiger partial charge in [-0.15, -0.1) is 10.2 Å². The zero-order valence-corrected chi connectivity index (χ0v) is 16.9. The molecule has 2 aliphatic heterocycles. The summed E-state index contributed by atoms with van der Waals surface area (Å²) in [4.78, 5) is 18.0. The van der Waals surface area contributed by atoms with Gasteiger partial charge < -0.3 is 18.8 Å². The first-order valence-corrected chi connectivity index (χ1v) is 10.7. The second-order valence-corrected chi connectivity index (χ2v) is 8.48. The van der Waals surface area contributed by atoms with Gasteiger partial charge in [0.1, 0.15) is 17.3 Å². The van der Waals surface area contributed by atoms with Crippen LogP contribution in [0.5, 0.6) is 0 Å². The van der Waals surface area contributed by atoms with Crippen LogP contribution in [0.1, 0.15) is 70.8 Å². The molecule has 1 atom stereocenters. The molecule has 7 heteroatoms. The summed E-state index contributed by atoms with van der Waals surface area (Å²) in [6.07, 6.45) is 7.09. The second-order valence-electron chi connectivity index (χ2n) is 8.48. The van der Waals surface area contributed by atoms with E-state index < -0.39 is 0 Å². The average molecular weight is 383 g/mol. The molecule has 0 aromatic carbocycles. The third-order valence-electron chi connectivity index (χ3n) is 6.65. The summed E-state index contributed by atoms with van der Waals surface area (Å²) in [5.41, 5.74) is 1.97. The molecule has 150 valence electrons. The van der Waals surface area contributed by atoms with Gasteiger partial charge in [-0.25, -0.2) is 0 Å². The number of carbonyl (C=O) groups excluding carboxylic acids is 1. The zero-order chi connectivity index (χ0) is 19.3. The van der Waals surface area contributed by atoms with Crippen LogP contribution in [0.25, 0.3) is 0 Å². The van der Waals surface area contributed by atoms with Crippen molar-refractivity contribution < 1.29 is 9.21 Å². The highest BCUT2D eigenvalue weighted by Gasteiger charge is 2.37. The van der Waals surface area contributed by atoms with Gasteiger partial charge in [0.05, 0.1) is 11.6 Å². The third kappa shape index (κ3) is 2.87. The van der Waals surface area contributed by atoms with Gasteiger partial charge in [0.15, 0.2) is 5.82 Å². The van der Waals surface area contributed by atoms with E-state index >= 15 is 0 Å². The van der Waals surface area contributed by atoms with Crippen molar-refractivity contribution in [2.24, 2.45) is 0 Å². The van der Waals surface area contributed by atoms with Crippen molar-refractivity contribution in [2.75, 3.05) is 26.7 Å². The lowest BCUT2D eigenvalue weighted by atomic mass is 9.94. The molecule has 0 bridgehead atoms. The van der Waals surface area contributed by atoms with E-state index in [4.69, 9.17) is 4.42 Å². The van der Waals surface area contributed by atoms with Crippen LogP contribution < -0.4 is 0 Å². The Morgan fingerprint density at radius 1 is 1.04 bits per heavy atom. The summed E-state index contributed by atoms with van der Waals surface area (Å²) in [6.45, 7) is 5.62. The van der Waals surface area contributed by atoms with Crippen LogP contribution in [-0.2, 0) is 25.8 Å². The van der Waals surface area contributed by atoms with E-state index in [2.05, 4.69) is 26.7 Å². The number of hydrogen-bond donors (Lipinski definition) is 0. The normalized spacial score (nSPS) is 22.8. The number of hydrogen-bond acceptors (Lipinski definition) is 5. The van der Waals surface area contributed by atoms with Gasteiger partial charge in [0, 0.05) is 44.6 Å². The molecule has 4 heterocycles. The highest BCUT2D eigenvalue weighted by molar-refractivity contribution is 5.97. The maximum Gasteiger partial charge on any atom is 0.258 e. The SMILES string of the molecule is Cc1oc2c(c1C(=O)N1CCC[C@H]1c1nnc3n1CCN(C)CC3)CCCC2. The Kier molecular flexibility index (Phi) is 4.50. The standard InChI is InChI=1S/C21H29N5O2/c1-14-19(15-6-3-4-8-17(15)28-14)21(27)25-10-5-7-16(25)20-23-22-18-9-11-24(2)12-13-26(18)20/h16H,3-13H2,1-2H3/t16-/m0/s1. The molecule has 3 aliphatic rings. The molecule has 2 aromatic rings. The van der Waals surface area contributed by atoms with Gasteiger partial charge in [-0.3, -0.25) is 4.79 Å². The predicted molar refractivity (Wildman–Crippen MR) is 104 cm³/mol. The molecule has 5 rings (SSSR count). The molecule has 0 saturated carbocycles. The molecule has 2 aromatic heterocycles. The maximum absolute atomic E-state index is 13.6. The summed E-state index contributed by atoms with van der Waals surface area (Å²) in [6, 6.07) is 0.0192. The van der Waals surface area contributed by atoms with Gasteiger partial charge in [-0.05, 0) is 46.1 Å². The third-order valence-corrected chi connectivity index (χ3v) is 6.65. The molecular weight excluding hydrogens is 354 g/mol. The molecule has 0 radical (unpaired) electrons. The number of aryl methyl sites for hydroxylation is 2. The van der Waals surface area contributed by atoms with E-state index in [0.717, 1.165) is 105 Å². The van der Waals surface area contributed by atoms with Gasteiger partial charge in [0.2, 0.25) is 0 Å². The lowest BCUT2D eigenvalue weighted by Crippen LogP contribution is -2.33. The first kappa shape index (κ1) is 17.9. The second kappa shape index (κ2) is 7.03. The van der Waals surface area contributed by atoms with Crippen molar-refractivity contribution in [1.82, 2.24) is 24.6 Å². The van der Waals surface area contributed by atoms with E-state index in [1.54, 1.807) is 0 Å². The maximum atomic E-state index is 13.6. The van der Waals surface area contributed by atoms with Crippen LogP contribution in [0.15, 0.2) is 4.42 Å². The molecular formula is C21H29N5O2. The average Bonchev–Trinajstić information content (AvgIpc) is 3.37. The minimum absolute atomic E-state index is 0.0192. The van der Waals surface area contributed by atoms with Crippen molar-refractivity contribution in [3.8, 4) is 0 Å². The first-order valence-electron chi connectivity index (χ1n) is 10.7. The molecule has 0 unspecified atom stereocenters. The number of likely N-dealkylation sites (tertiary alicyclic amines) is 1. The summed E-state index contributed by atoms with van der Waals surface area (Å²) in [5, 5.41) is 9.02. The number of carbonyl (C=O) groups is 1. The van der Waals surface area contributed by atoms with Crippen molar-refractivity contribution in [3.63, 3.8) is 0 Å². The van der Waals surface area contributed by atoms with Crippen LogP contribution in [0, 0.1) is 6.92 Å². The first-order chi connectivity index (χ1) is 13.6. The van der Waals surface area contributed by atoms with Crippen LogP contribution in [-0.4, -0.2) is 57.2 Å². The van der Waals surface area contributed by atoms with Crippen LogP contribution in [0.4, 0.5) is 0 Å². The quantitative estimate of drug-likeness (QED) is 0.797. The zero-order valence-electron chi connectivity index (χ0n) is 16.9. The molecule has 28 heavy (non-hydrogen) atoms. The van der Waals surface area contributed by atoms with Crippen molar-refractivity contribution in [1.29, 1.82) is 0 Å². The molecule has 1 fully saturated rings. The Labute approximate surface area is 165 Å². The number of aromatic nitrogens is 3. The fourth-order valence-electron chi connectivity index (χ4n) is 5.10. The fourth-order valence-corrected chi connectivity index (χ4v) is 5.10. The number of likely N-dealkylation sites (N-methyl/N-ethyl adjacent to an activating group) is 1. The molecule has 0 N–H and O–H groups in total.